The Kier molecular flexibility index (Phi) is 13.4. The molecule has 0 bridgehead atoms. The Hall–Kier alpha value is -0.160. The zero-order valence-corrected chi connectivity index (χ0v) is 14.8. The van der Waals surface area contributed by atoms with E-state index >= 15 is 0 Å². The first-order valence-electron chi connectivity index (χ1n) is 8.75. The second-order valence-electron chi connectivity index (χ2n) is 5.89. The molecule has 0 heterocycles. The van der Waals surface area contributed by atoms with Crippen LogP contribution in [0.3, 0.4) is 0 Å². The number of unbranched alkanes of at least 4 members (excludes halogenated alkanes) is 3. The van der Waals surface area contributed by atoms with E-state index in [1.165, 1.54) is 25.7 Å². The average Bonchev–Trinajstić information content (AvgIpc) is 2.50. The van der Waals surface area contributed by atoms with Crippen LogP contribution in [-0.4, -0.2) is 56.5 Å². The second kappa shape index (κ2) is 13.5. The highest BCUT2D eigenvalue weighted by molar-refractivity contribution is 4.87. The molecule has 0 aliphatic heterocycles. The zero-order chi connectivity index (χ0) is 16.0. The summed E-state index contributed by atoms with van der Waals surface area (Å²) in [5, 5.41) is 0. The molecule has 21 heavy (non-hydrogen) atoms. The lowest BCUT2D eigenvalue weighted by atomic mass is 9.92. The maximum Gasteiger partial charge on any atom is 0.0593 e. The molecule has 0 fully saturated rings. The highest BCUT2D eigenvalue weighted by Gasteiger charge is 2.29. The average molecular weight is 303 g/mol. The van der Waals surface area contributed by atoms with Gasteiger partial charge in [-0.25, -0.2) is 0 Å². The van der Waals surface area contributed by atoms with Gasteiger partial charge in [-0.05, 0) is 27.2 Å². The molecule has 4 heteroatoms. The van der Waals surface area contributed by atoms with Gasteiger partial charge < -0.3 is 15.2 Å². The molecule has 2 N–H and O–H groups in total. The summed E-state index contributed by atoms with van der Waals surface area (Å²) in [6.07, 6.45) is 6.30. The Labute approximate surface area is 132 Å². The van der Waals surface area contributed by atoms with Gasteiger partial charge in [-0.2, -0.15) is 0 Å². The van der Waals surface area contributed by atoms with Crippen molar-refractivity contribution in [3.63, 3.8) is 0 Å². The number of hydrogen-bond acceptors (Lipinski definition) is 4. The molecule has 1 atom stereocenters. The van der Waals surface area contributed by atoms with Crippen molar-refractivity contribution in [2.24, 2.45) is 5.73 Å². The lowest BCUT2D eigenvalue weighted by molar-refractivity contribution is 0.0252. The van der Waals surface area contributed by atoms with Crippen molar-refractivity contribution >= 4 is 0 Å². The van der Waals surface area contributed by atoms with Gasteiger partial charge in [-0.15, -0.1) is 0 Å². The molecule has 0 amide bonds. The Balaban J connectivity index is 4.44. The fourth-order valence-corrected chi connectivity index (χ4v) is 2.61. The van der Waals surface area contributed by atoms with E-state index in [4.69, 9.17) is 15.2 Å². The zero-order valence-electron chi connectivity index (χ0n) is 14.8. The van der Waals surface area contributed by atoms with Gasteiger partial charge in [0.1, 0.15) is 0 Å². The Morgan fingerprint density at radius 3 is 1.90 bits per heavy atom. The predicted octanol–water partition coefficient (Wildman–Crippen LogP) is 3.05. The molecule has 0 aromatic heterocycles. The van der Waals surface area contributed by atoms with Gasteiger partial charge in [0.05, 0.1) is 13.2 Å². The lowest BCUT2D eigenvalue weighted by Gasteiger charge is -2.41. The van der Waals surface area contributed by atoms with Gasteiger partial charge >= 0.3 is 0 Å². The Bertz CT molecular complexity index is 217. The van der Waals surface area contributed by atoms with Crippen LogP contribution in [0.15, 0.2) is 0 Å². The largest absolute Gasteiger partial charge is 0.380 e. The highest BCUT2D eigenvalue weighted by Crippen LogP contribution is 2.22. The van der Waals surface area contributed by atoms with Crippen molar-refractivity contribution in [1.29, 1.82) is 0 Å². The third-order valence-corrected chi connectivity index (χ3v) is 4.19. The Morgan fingerprint density at radius 1 is 0.905 bits per heavy atom. The van der Waals surface area contributed by atoms with Gasteiger partial charge in [0.15, 0.2) is 0 Å². The summed E-state index contributed by atoms with van der Waals surface area (Å²) >= 11 is 0. The van der Waals surface area contributed by atoms with Gasteiger partial charge in [0.25, 0.3) is 0 Å². The van der Waals surface area contributed by atoms with Crippen molar-refractivity contribution in [2.45, 2.75) is 65.3 Å². The van der Waals surface area contributed by atoms with E-state index in [-0.39, 0.29) is 5.54 Å². The second-order valence-corrected chi connectivity index (χ2v) is 5.89. The summed E-state index contributed by atoms with van der Waals surface area (Å²) in [6.45, 7) is 14.3. The van der Waals surface area contributed by atoms with Crippen LogP contribution in [0.5, 0.6) is 0 Å². The standard InChI is InChI=1S/C17H38N2O2/c1-5-8-9-10-11-17(4,16-18)19(12-14-20-6-2)13-15-21-7-3/h5-16,18H2,1-4H3. The molecule has 1 unspecified atom stereocenters. The summed E-state index contributed by atoms with van der Waals surface area (Å²) in [6, 6.07) is 0. The van der Waals surface area contributed by atoms with E-state index in [0.717, 1.165) is 45.9 Å². The quantitative estimate of drug-likeness (QED) is 0.472. The fourth-order valence-electron chi connectivity index (χ4n) is 2.61. The van der Waals surface area contributed by atoms with Gasteiger partial charge in [0, 0.05) is 38.4 Å². The summed E-state index contributed by atoms with van der Waals surface area (Å²) in [5.74, 6) is 0. The predicted molar refractivity (Wildman–Crippen MR) is 90.8 cm³/mol. The van der Waals surface area contributed by atoms with Crippen molar-refractivity contribution < 1.29 is 9.47 Å². The van der Waals surface area contributed by atoms with Crippen LogP contribution in [0.4, 0.5) is 0 Å². The molecule has 0 rings (SSSR count). The van der Waals surface area contributed by atoms with Crippen LogP contribution in [0.2, 0.25) is 0 Å². The lowest BCUT2D eigenvalue weighted by Crippen LogP contribution is -2.53. The number of ether oxygens (including phenoxy) is 2. The van der Waals surface area contributed by atoms with Crippen LogP contribution in [-0.2, 0) is 9.47 Å². The van der Waals surface area contributed by atoms with Crippen molar-refractivity contribution in [3.05, 3.63) is 0 Å². The van der Waals surface area contributed by atoms with E-state index in [1.807, 2.05) is 13.8 Å². The molecule has 0 aliphatic rings. The minimum atomic E-state index is 0.0575. The normalized spacial score (nSPS) is 14.6. The highest BCUT2D eigenvalue weighted by atomic mass is 16.5. The molecule has 0 spiro atoms. The van der Waals surface area contributed by atoms with Gasteiger partial charge in [-0.1, -0.05) is 32.6 Å². The third-order valence-electron chi connectivity index (χ3n) is 4.19. The number of nitrogens with zero attached hydrogens (tertiary/aromatic N) is 1. The molecule has 0 aliphatic carbocycles. The number of hydrogen-bond donors (Lipinski definition) is 1. The molecular formula is C17H38N2O2. The van der Waals surface area contributed by atoms with Crippen LogP contribution in [0, 0.1) is 0 Å². The van der Waals surface area contributed by atoms with Gasteiger partial charge in [0.2, 0.25) is 0 Å². The van der Waals surface area contributed by atoms with E-state index in [2.05, 4.69) is 18.7 Å². The molecule has 0 saturated carbocycles. The minimum Gasteiger partial charge on any atom is -0.380 e. The first-order valence-corrected chi connectivity index (χ1v) is 8.75. The summed E-state index contributed by atoms with van der Waals surface area (Å²) in [7, 11) is 0. The molecule has 0 aromatic rings. The summed E-state index contributed by atoms with van der Waals surface area (Å²) in [5.41, 5.74) is 6.17. The molecule has 128 valence electrons. The van der Waals surface area contributed by atoms with Crippen LogP contribution in [0.25, 0.3) is 0 Å². The van der Waals surface area contributed by atoms with Crippen LogP contribution >= 0.6 is 0 Å². The smallest absolute Gasteiger partial charge is 0.0593 e. The SMILES string of the molecule is CCCCCCC(C)(CN)N(CCOCC)CCOCC. The third kappa shape index (κ3) is 9.46. The summed E-state index contributed by atoms with van der Waals surface area (Å²) < 4.78 is 11.1. The molecule has 0 radical (unpaired) electrons. The summed E-state index contributed by atoms with van der Waals surface area (Å²) in [4.78, 5) is 2.46. The van der Waals surface area contributed by atoms with E-state index in [1.54, 1.807) is 0 Å². The van der Waals surface area contributed by atoms with Crippen molar-refractivity contribution in [1.82, 2.24) is 4.90 Å². The van der Waals surface area contributed by atoms with E-state index < -0.39 is 0 Å². The fraction of sp³-hybridized carbons (Fsp3) is 1.00. The topological polar surface area (TPSA) is 47.7 Å². The number of rotatable bonds is 15. The minimum absolute atomic E-state index is 0.0575. The number of nitrogens with two attached hydrogens (primary N) is 1. The molecule has 0 aromatic carbocycles. The van der Waals surface area contributed by atoms with Crippen molar-refractivity contribution in [3.8, 4) is 0 Å². The first-order chi connectivity index (χ1) is 10.1. The van der Waals surface area contributed by atoms with Crippen LogP contribution in [0.1, 0.15) is 59.8 Å². The maximum atomic E-state index is 6.11. The van der Waals surface area contributed by atoms with Gasteiger partial charge in [-0.3, -0.25) is 4.90 Å². The Morgan fingerprint density at radius 2 is 1.48 bits per heavy atom. The monoisotopic (exact) mass is 302 g/mol. The first kappa shape index (κ1) is 20.8. The molecular weight excluding hydrogens is 264 g/mol. The molecule has 4 nitrogen and oxygen atoms in total. The maximum absolute atomic E-state index is 6.11. The van der Waals surface area contributed by atoms with E-state index in [9.17, 15) is 0 Å². The van der Waals surface area contributed by atoms with Crippen molar-refractivity contribution in [2.75, 3.05) is 46.1 Å². The molecule has 0 saturated heterocycles. The van der Waals surface area contributed by atoms with Crippen LogP contribution < -0.4 is 5.73 Å². The van der Waals surface area contributed by atoms with E-state index in [0.29, 0.717) is 6.54 Å².